The Balaban J connectivity index is 2.17. The molecule has 0 aliphatic carbocycles. The highest BCUT2D eigenvalue weighted by molar-refractivity contribution is 9.10. The number of methoxy groups -OCH3 is 1. The summed E-state index contributed by atoms with van der Waals surface area (Å²) in [4.78, 5) is 3.56. The van der Waals surface area contributed by atoms with Crippen molar-refractivity contribution >= 4 is 38.4 Å². The summed E-state index contributed by atoms with van der Waals surface area (Å²) >= 11 is 9.89. The lowest BCUT2D eigenvalue weighted by Gasteiger charge is -2.07. The second-order valence-corrected chi connectivity index (χ2v) is 7.06. The molecule has 0 spiro atoms. The van der Waals surface area contributed by atoms with E-state index in [1.54, 1.807) is 7.11 Å². The van der Waals surface area contributed by atoms with E-state index in [9.17, 15) is 0 Å². The van der Waals surface area contributed by atoms with E-state index >= 15 is 0 Å². The fourth-order valence-electron chi connectivity index (χ4n) is 3.00. The molecule has 3 aromatic rings. The Morgan fingerprint density at radius 2 is 2.04 bits per heavy atom. The molecule has 126 valence electrons. The van der Waals surface area contributed by atoms with Crippen LogP contribution in [0.15, 0.2) is 40.9 Å². The number of H-pyrrole nitrogens is 1. The molecule has 0 aliphatic heterocycles. The molecule has 0 unspecified atom stereocenters. The van der Waals surface area contributed by atoms with Crippen molar-refractivity contribution in [3.63, 3.8) is 0 Å². The number of aryl methyl sites for hydroxylation is 1. The van der Waals surface area contributed by atoms with Gasteiger partial charge in [0.05, 0.1) is 12.6 Å². The van der Waals surface area contributed by atoms with Gasteiger partial charge in [0.2, 0.25) is 0 Å². The first kappa shape index (κ1) is 17.3. The van der Waals surface area contributed by atoms with Gasteiger partial charge in [0.1, 0.15) is 5.75 Å². The van der Waals surface area contributed by atoms with E-state index in [0.717, 1.165) is 56.7 Å². The number of nitrogens with two attached hydrogens (primary N) is 1. The maximum absolute atomic E-state index is 6.28. The quantitative estimate of drug-likeness (QED) is 0.527. The number of nitrogens with one attached hydrogen (secondary N) is 1. The van der Waals surface area contributed by atoms with Crippen molar-refractivity contribution in [1.29, 1.82) is 0 Å². The van der Waals surface area contributed by atoms with Gasteiger partial charge in [0.15, 0.2) is 0 Å². The van der Waals surface area contributed by atoms with Gasteiger partial charge < -0.3 is 15.5 Å². The average molecular weight is 408 g/mol. The van der Waals surface area contributed by atoms with Gasteiger partial charge in [-0.05, 0) is 71.6 Å². The van der Waals surface area contributed by atoms with Gasteiger partial charge in [-0.3, -0.25) is 0 Å². The number of hydrogen-bond acceptors (Lipinski definition) is 2. The number of halogens is 2. The van der Waals surface area contributed by atoms with E-state index in [4.69, 9.17) is 22.1 Å². The van der Waals surface area contributed by atoms with Crippen LogP contribution in [-0.2, 0) is 6.42 Å². The summed E-state index contributed by atoms with van der Waals surface area (Å²) in [7, 11) is 1.68. The second-order valence-electron chi connectivity index (χ2n) is 5.77. The zero-order chi connectivity index (χ0) is 17.1. The minimum Gasteiger partial charge on any atom is -0.497 e. The van der Waals surface area contributed by atoms with Crippen LogP contribution in [0.3, 0.4) is 0 Å². The molecule has 3 N–H and O–H groups in total. The minimum atomic E-state index is 0.710. The fraction of sp³-hybridized carbons (Fsp3) is 0.263. The Hall–Kier alpha value is -1.49. The molecule has 3 rings (SSSR count). The van der Waals surface area contributed by atoms with E-state index in [1.807, 2.05) is 30.3 Å². The number of benzene rings is 2. The van der Waals surface area contributed by atoms with Crippen LogP contribution in [0.2, 0.25) is 5.02 Å². The van der Waals surface area contributed by atoms with Crippen molar-refractivity contribution in [3.05, 3.63) is 51.5 Å². The largest absolute Gasteiger partial charge is 0.497 e. The number of ether oxygens (including phenoxy) is 1. The molecular formula is C19H20BrClN2O. The summed E-state index contributed by atoms with van der Waals surface area (Å²) < 4.78 is 6.34. The predicted octanol–water partition coefficient (Wildman–Crippen LogP) is 5.54. The Labute approximate surface area is 155 Å². The molecule has 1 heterocycles. The lowest BCUT2D eigenvalue weighted by molar-refractivity contribution is 0.415. The molecule has 24 heavy (non-hydrogen) atoms. The average Bonchev–Trinajstić information content (AvgIpc) is 2.94. The lowest BCUT2D eigenvalue weighted by Crippen LogP contribution is -1.99. The van der Waals surface area contributed by atoms with Gasteiger partial charge in [-0.25, -0.2) is 0 Å². The second kappa shape index (κ2) is 7.60. The van der Waals surface area contributed by atoms with Crippen molar-refractivity contribution < 1.29 is 4.74 Å². The molecule has 0 atom stereocenters. The van der Waals surface area contributed by atoms with Gasteiger partial charge in [0, 0.05) is 26.1 Å². The molecule has 0 radical (unpaired) electrons. The molecule has 2 aromatic carbocycles. The molecular weight excluding hydrogens is 388 g/mol. The molecule has 5 heteroatoms. The summed E-state index contributed by atoms with van der Waals surface area (Å²) in [6.07, 6.45) is 3.01. The van der Waals surface area contributed by atoms with Crippen LogP contribution >= 0.6 is 27.5 Å². The first-order chi connectivity index (χ1) is 11.6. The number of aromatic nitrogens is 1. The Kier molecular flexibility index (Phi) is 5.49. The zero-order valence-corrected chi connectivity index (χ0v) is 15.9. The molecule has 0 saturated carbocycles. The van der Waals surface area contributed by atoms with Crippen molar-refractivity contribution in [2.45, 2.75) is 19.3 Å². The van der Waals surface area contributed by atoms with E-state index in [0.29, 0.717) is 6.54 Å². The zero-order valence-electron chi connectivity index (χ0n) is 13.5. The molecule has 0 saturated heterocycles. The maximum atomic E-state index is 6.28. The first-order valence-electron chi connectivity index (χ1n) is 7.98. The van der Waals surface area contributed by atoms with E-state index in [-0.39, 0.29) is 0 Å². The van der Waals surface area contributed by atoms with Gasteiger partial charge >= 0.3 is 0 Å². The third kappa shape index (κ3) is 3.46. The highest BCUT2D eigenvalue weighted by atomic mass is 79.9. The molecule has 1 aromatic heterocycles. The van der Waals surface area contributed by atoms with E-state index in [1.165, 1.54) is 5.56 Å². The van der Waals surface area contributed by atoms with Gasteiger partial charge in [0.25, 0.3) is 0 Å². The van der Waals surface area contributed by atoms with Crippen molar-refractivity contribution in [1.82, 2.24) is 4.98 Å². The number of aromatic amines is 1. The third-order valence-electron chi connectivity index (χ3n) is 4.17. The highest BCUT2D eigenvalue weighted by Gasteiger charge is 2.16. The Bertz CT molecular complexity index is 860. The summed E-state index contributed by atoms with van der Waals surface area (Å²) in [5.41, 5.74) is 10.2. The summed E-state index contributed by atoms with van der Waals surface area (Å²) in [6, 6.07) is 12.0. The number of fused-ring (bicyclic) bond motifs is 1. The van der Waals surface area contributed by atoms with E-state index < -0.39 is 0 Å². The topological polar surface area (TPSA) is 51.0 Å². The van der Waals surface area contributed by atoms with Gasteiger partial charge in [-0.15, -0.1) is 0 Å². The van der Waals surface area contributed by atoms with Crippen LogP contribution in [0, 0.1) is 0 Å². The number of hydrogen-bond donors (Lipinski definition) is 2. The van der Waals surface area contributed by atoms with Crippen LogP contribution in [0.5, 0.6) is 5.75 Å². The third-order valence-corrected chi connectivity index (χ3v) is 5.01. The smallest absolute Gasteiger partial charge is 0.119 e. The van der Waals surface area contributed by atoms with E-state index in [2.05, 4.69) is 27.0 Å². The van der Waals surface area contributed by atoms with Crippen LogP contribution in [0.1, 0.15) is 18.4 Å². The monoisotopic (exact) mass is 406 g/mol. The summed E-state index contributed by atoms with van der Waals surface area (Å²) in [6.45, 7) is 0.710. The van der Waals surface area contributed by atoms with Crippen LogP contribution in [0.25, 0.3) is 22.2 Å². The Morgan fingerprint density at radius 3 is 2.79 bits per heavy atom. The summed E-state index contributed by atoms with van der Waals surface area (Å²) in [5.74, 6) is 0.844. The maximum Gasteiger partial charge on any atom is 0.119 e. The molecule has 0 amide bonds. The SMILES string of the molecule is COc1cccc(-c2[nH]c3c(Br)cc(Cl)cc3c2CCCCN)c1. The summed E-state index contributed by atoms with van der Waals surface area (Å²) in [5, 5.41) is 1.88. The lowest BCUT2D eigenvalue weighted by atomic mass is 10.00. The van der Waals surface area contributed by atoms with Crippen LogP contribution < -0.4 is 10.5 Å². The van der Waals surface area contributed by atoms with Crippen molar-refractivity contribution in [3.8, 4) is 17.0 Å². The van der Waals surface area contributed by atoms with Gasteiger partial charge in [-0.1, -0.05) is 23.7 Å². The van der Waals surface area contributed by atoms with Crippen LogP contribution in [0.4, 0.5) is 0 Å². The standard InChI is InChI=1S/C19H20BrClN2O/c1-24-14-6-4-5-12(9-14)18-15(7-2-3-8-22)16-10-13(21)11-17(20)19(16)23-18/h4-6,9-11,23H,2-3,7-8,22H2,1H3. The first-order valence-corrected chi connectivity index (χ1v) is 9.15. The highest BCUT2D eigenvalue weighted by Crippen LogP contribution is 2.37. The molecule has 0 bridgehead atoms. The molecule has 0 aliphatic rings. The van der Waals surface area contributed by atoms with Crippen LogP contribution in [-0.4, -0.2) is 18.6 Å². The molecule has 3 nitrogen and oxygen atoms in total. The number of rotatable bonds is 6. The van der Waals surface area contributed by atoms with Crippen molar-refractivity contribution in [2.75, 3.05) is 13.7 Å². The van der Waals surface area contributed by atoms with Crippen molar-refractivity contribution in [2.24, 2.45) is 5.73 Å². The normalized spacial score (nSPS) is 11.2. The predicted molar refractivity (Wildman–Crippen MR) is 105 cm³/mol. The molecule has 0 fully saturated rings. The van der Waals surface area contributed by atoms with Gasteiger partial charge in [-0.2, -0.15) is 0 Å². The Morgan fingerprint density at radius 1 is 1.21 bits per heavy atom. The number of unbranched alkanes of at least 4 members (excludes halogenated alkanes) is 1. The fourth-order valence-corrected chi connectivity index (χ4v) is 3.91. The minimum absolute atomic E-state index is 0.710.